The molecule has 1 N–H and O–H groups in total. The average molecular weight is 353 g/mol. The number of ether oxygens (including phenoxy) is 2. The molecule has 0 bridgehead atoms. The number of aromatic nitrogens is 1. The van der Waals surface area contributed by atoms with E-state index < -0.39 is 0 Å². The number of urea groups is 1. The van der Waals surface area contributed by atoms with E-state index in [-0.39, 0.29) is 18.2 Å². The zero-order chi connectivity index (χ0) is 17.8. The van der Waals surface area contributed by atoms with Crippen LogP contribution in [0.25, 0.3) is 0 Å². The van der Waals surface area contributed by atoms with Gasteiger partial charge < -0.3 is 19.7 Å². The van der Waals surface area contributed by atoms with Crippen LogP contribution in [-0.4, -0.2) is 41.7 Å². The molecule has 0 spiro atoms. The summed E-state index contributed by atoms with van der Waals surface area (Å²) < 4.78 is 11.7. The van der Waals surface area contributed by atoms with Crippen LogP contribution < -0.4 is 14.8 Å². The molecule has 3 heterocycles. The van der Waals surface area contributed by atoms with Gasteiger partial charge in [-0.2, -0.15) is 0 Å². The molecule has 2 amide bonds. The van der Waals surface area contributed by atoms with Gasteiger partial charge in [-0.3, -0.25) is 4.98 Å². The maximum atomic E-state index is 12.7. The van der Waals surface area contributed by atoms with Crippen LogP contribution in [-0.2, 0) is 0 Å². The summed E-state index contributed by atoms with van der Waals surface area (Å²) in [5, 5.41) is 3.18. The Balaban J connectivity index is 1.37. The smallest absolute Gasteiger partial charge is 0.318 e. The molecule has 0 aliphatic carbocycles. The van der Waals surface area contributed by atoms with Gasteiger partial charge in [-0.25, -0.2) is 4.79 Å². The second kappa shape index (κ2) is 7.64. The van der Waals surface area contributed by atoms with E-state index >= 15 is 0 Å². The summed E-state index contributed by atoms with van der Waals surface area (Å²) in [6.07, 6.45) is 6.06. The third kappa shape index (κ3) is 3.74. The average Bonchev–Trinajstić information content (AvgIpc) is 3.04. The lowest BCUT2D eigenvalue weighted by Crippen LogP contribution is -2.41. The van der Waals surface area contributed by atoms with Gasteiger partial charge in [0.25, 0.3) is 0 Å². The standard InChI is InChI=1S/C20H23N3O3/c24-20(22-18-7-4-12-25-19-8-2-1-6-17(18)19)23-11-9-16(14-23)26-15-5-3-10-21-13-15/h1-3,5-6,8,10,13,16,18H,4,7,9,11-12,14H2,(H,22,24). The maximum absolute atomic E-state index is 12.7. The highest BCUT2D eigenvalue weighted by molar-refractivity contribution is 5.75. The first-order valence-electron chi connectivity index (χ1n) is 9.13. The number of amides is 2. The number of fused-ring (bicyclic) bond motifs is 1. The summed E-state index contributed by atoms with van der Waals surface area (Å²) in [6.45, 7) is 1.97. The highest BCUT2D eigenvalue weighted by Gasteiger charge is 2.30. The fraction of sp³-hybridized carbons (Fsp3) is 0.400. The van der Waals surface area contributed by atoms with Gasteiger partial charge in [0.05, 0.1) is 25.4 Å². The van der Waals surface area contributed by atoms with Gasteiger partial charge in [0.2, 0.25) is 0 Å². The Kier molecular flexibility index (Phi) is 4.91. The van der Waals surface area contributed by atoms with Crippen LogP contribution in [0.3, 0.4) is 0 Å². The Hall–Kier alpha value is -2.76. The molecule has 1 aromatic heterocycles. The number of hydrogen-bond acceptors (Lipinski definition) is 4. The van der Waals surface area contributed by atoms with E-state index in [1.54, 1.807) is 12.4 Å². The molecule has 4 rings (SSSR count). The number of nitrogens with zero attached hydrogens (tertiary/aromatic N) is 2. The minimum absolute atomic E-state index is 0.00898. The van der Waals surface area contributed by atoms with Crippen molar-refractivity contribution in [1.29, 1.82) is 0 Å². The predicted molar refractivity (Wildman–Crippen MR) is 97.3 cm³/mol. The van der Waals surface area contributed by atoms with Gasteiger partial charge in [0.1, 0.15) is 17.6 Å². The highest BCUT2D eigenvalue weighted by Crippen LogP contribution is 2.31. The molecule has 6 nitrogen and oxygen atoms in total. The van der Waals surface area contributed by atoms with Crippen LogP contribution in [0, 0.1) is 0 Å². The molecule has 0 radical (unpaired) electrons. The quantitative estimate of drug-likeness (QED) is 0.921. The van der Waals surface area contributed by atoms with E-state index in [4.69, 9.17) is 9.47 Å². The highest BCUT2D eigenvalue weighted by atomic mass is 16.5. The van der Waals surface area contributed by atoms with E-state index in [2.05, 4.69) is 10.3 Å². The number of nitrogens with one attached hydrogen (secondary N) is 1. The molecule has 6 heteroatoms. The third-order valence-electron chi connectivity index (χ3n) is 4.86. The van der Waals surface area contributed by atoms with E-state index in [1.807, 2.05) is 41.3 Å². The van der Waals surface area contributed by atoms with Crippen molar-refractivity contribution in [2.24, 2.45) is 0 Å². The summed E-state index contributed by atoms with van der Waals surface area (Å²) in [4.78, 5) is 18.6. The predicted octanol–water partition coefficient (Wildman–Crippen LogP) is 3.16. The van der Waals surface area contributed by atoms with E-state index in [9.17, 15) is 4.79 Å². The van der Waals surface area contributed by atoms with Crippen molar-refractivity contribution in [2.75, 3.05) is 19.7 Å². The number of para-hydroxylation sites is 1. The first-order valence-corrected chi connectivity index (χ1v) is 9.13. The minimum Gasteiger partial charge on any atom is -0.493 e. The number of rotatable bonds is 3. The summed E-state index contributed by atoms with van der Waals surface area (Å²) >= 11 is 0. The fourth-order valence-corrected chi connectivity index (χ4v) is 3.53. The molecule has 1 saturated heterocycles. The summed E-state index contributed by atoms with van der Waals surface area (Å²) in [6, 6.07) is 11.6. The van der Waals surface area contributed by atoms with Crippen molar-refractivity contribution in [1.82, 2.24) is 15.2 Å². The second-order valence-corrected chi connectivity index (χ2v) is 6.69. The van der Waals surface area contributed by atoms with Crippen molar-refractivity contribution < 1.29 is 14.3 Å². The lowest BCUT2D eigenvalue weighted by molar-refractivity contribution is 0.183. The number of carbonyl (C=O) groups is 1. The van der Waals surface area contributed by atoms with Crippen LogP contribution >= 0.6 is 0 Å². The molecule has 2 unspecified atom stereocenters. The molecular formula is C20H23N3O3. The van der Waals surface area contributed by atoms with E-state index in [0.717, 1.165) is 36.3 Å². The van der Waals surface area contributed by atoms with E-state index in [0.29, 0.717) is 19.7 Å². The summed E-state index contributed by atoms with van der Waals surface area (Å²) in [7, 11) is 0. The molecular weight excluding hydrogens is 330 g/mol. The molecule has 1 fully saturated rings. The molecule has 2 atom stereocenters. The Morgan fingerprint density at radius 3 is 3.04 bits per heavy atom. The van der Waals surface area contributed by atoms with Crippen molar-refractivity contribution in [3.63, 3.8) is 0 Å². The van der Waals surface area contributed by atoms with Gasteiger partial charge in [-0.1, -0.05) is 18.2 Å². The number of likely N-dealkylation sites (tertiary alicyclic amines) is 1. The molecule has 2 aromatic rings. The van der Waals surface area contributed by atoms with Crippen molar-refractivity contribution in [3.05, 3.63) is 54.4 Å². The molecule has 1 aromatic carbocycles. The topological polar surface area (TPSA) is 63.7 Å². The van der Waals surface area contributed by atoms with Gasteiger partial charge in [-0.15, -0.1) is 0 Å². The first-order chi connectivity index (χ1) is 12.8. The Labute approximate surface area is 153 Å². The van der Waals surface area contributed by atoms with Crippen LogP contribution in [0.1, 0.15) is 30.9 Å². The monoisotopic (exact) mass is 353 g/mol. The van der Waals surface area contributed by atoms with Crippen LogP contribution in [0.4, 0.5) is 4.79 Å². The minimum atomic E-state index is -0.0380. The molecule has 2 aliphatic heterocycles. The maximum Gasteiger partial charge on any atom is 0.318 e. The summed E-state index contributed by atoms with van der Waals surface area (Å²) in [5.41, 5.74) is 1.06. The van der Waals surface area contributed by atoms with Gasteiger partial charge in [0.15, 0.2) is 0 Å². The normalized spacial score (nSPS) is 22.1. The molecule has 0 saturated carbocycles. The van der Waals surface area contributed by atoms with Gasteiger partial charge >= 0.3 is 6.03 Å². The fourth-order valence-electron chi connectivity index (χ4n) is 3.53. The van der Waals surface area contributed by atoms with Crippen LogP contribution in [0.5, 0.6) is 11.5 Å². The first kappa shape index (κ1) is 16.7. The van der Waals surface area contributed by atoms with Crippen molar-refractivity contribution in [3.8, 4) is 11.5 Å². The molecule has 2 aliphatic rings. The Morgan fingerprint density at radius 1 is 1.23 bits per heavy atom. The number of pyridine rings is 1. The lowest BCUT2D eigenvalue weighted by atomic mass is 10.0. The number of carbonyl (C=O) groups excluding carboxylic acids is 1. The molecule has 136 valence electrons. The Morgan fingerprint density at radius 2 is 2.15 bits per heavy atom. The van der Waals surface area contributed by atoms with E-state index in [1.165, 1.54) is 0 Å². The second-order valence-electron chi connectivity index (χ2n) is 6.69. The third-order valence-corrected chi connectivity index (χ3v) is 4.86. The number of hydrogen-bond donors (Lipinski definition) is 1. The molecule has 26 heavy (non-hydrogen) atoms. The lowest BCUT2D eigenvalue weighted by Gasteiger charge is -2.23. The SMILES string of the molecule is O=C(NC1CCCOc2ccccc21)N1CCC(Oc2cccnc2)C1. The largest absolute Gasteiger partial charge is 0.493 e. The zero-order valence-electron chi connectivity index (χ0n) is 14.6. The van der Waals surface area contributed by atoms with Gasteiger partial charge in [0, 0.05) is 24.7 Å². The summed E-state index contributed by atoms with van der Waals surface area (Å²) in [5.74, 6) is 1.61. The number of benzene rings is 1. The Bertz CT molecular complexity index is 753. The van der Waals surface area contributed by atoms with Gasteiger partial charge in [-0.05, 0) is 31.0 Å². The van der Waals surface area contributed by atoms with Crippen LogP contribution in [0.2, 0.25) is 0 Å². The van der Waals surface area contributed by atoms with Crippen LogP contribution in [0.15, 0.2) is 48.8 Å². The zero-order valence-corrected chi connectivity index (χ0v) is 14.6. The van der Waals surface area contributed by atoms with Crippen molar-refractivity contribution >= 4 is 6.03 Å². The van der Waals surface area contributed by atoms with Crippen molar-refractivity contribution in [2.45, 2.75) is 31.4 Å².